The first-order valence-electron chi connectivity index (χ1n) is 9.34. The maximum Gasteiger partial charge on any atom is 0.319 e. The average molecular weight is 412 g/mol. The first kappa shape index (κ1) is 19.0. The van der Waals surface area contributed by atoms with E-state index >= 15 is 0 Å². The van der Waals surface area contributed by atoms with E-state index in [2.05, 4.69) is 57.3 Å². The van der Waals surface area contributed by atoms with Crippen LogP contribution in [0, 0.1) is 0 Å². The van der Waals surface area contributed by atoms with Crippen LogP contribution >= 0.6 is 22.9 Å². The van der Waals surface area contributed by atoms with Gasteiger partial charge in [0.1, 0.15) is 0 Å². The highest BCUT2D eigenvalue weighted by Gasteiger charge is 2.25. The van der Waals surface area contributed by atoms with Gasteiger partial charge in [-0.3, -0.25) is 4.90 Å². The SMILES string of the molecule is O=C(NCC(c1cccs1)N1CCc2ccccc2C1)Nc1ccc(Cl)cc1. The molecule has 0 saturated carbocycles. The summed E-state index contributed by atoms with van der Waals surface area (Å²) in [6.45, 7) is 2.45. The second kappa shape index (κ2) is 8.78. The summed E-state index contributed by atoms with van der Waals surface area (Å²) in [4.78, 5) is 16.1. The van der Waals surface area contributed by atoms with Gasteiger partial charge in [0.2, 0.25) is 0 Å². The fourth-order valence-corrected chi connectivity index (χ4v) is 4.56. The van der Waals surface area contributed by atoms with Crippen molar-refractivity contribution in [1.29, 1.82) is 0 Å². The Kier molecular flexibility index (Phi) is 5.95. The quantitative estimate of drug-likeness (QED) is 0.596. The number of anilines is 1. The van der Waals surface area contributed by atoms with Crippen LogP contribution < -0.4 is 10.6 Å². The number of rotatable bonds is 5. The van der Waals surface area contributed by atoms with Crippen molar-refractivity contribution in [3.8, 4) is 0 Å². The lowest BCUT2D eigenvalue weighted by Gasteiger charge is -2.35. The van der Waals surface area contributed by atoms with Gasteiger partial charge in [-0.15, -0.1) is 11.3 Å². The third kappa shape index (κ3) is 4.55. The smallest absolute Gasteiger partial charge is 0.319 e. The minimum absolute atomic E-state index is 0.157. The summed E-state index contributed by atoms with van der Waals surface area (Å²) < 4.78 is 0. The molecule has 6 heteroatoms. The number of fused-ring (bicyclic) bond motifs is 1. The number of thiophene rings is 1. The zero-order chi connectivity index (χ0) is 19.3. The summed E-state index contributed by atoms with van der Waals surface area (Å²) in [5.74, 6) is 0. The van der Waals surface area contributed by atoms with Crippen LogP contribution in [0.3, 0.4) is 0 Å². The number of halogens is 1. The minimum atomic E-state index is -0.207. The molecule has 4 rings (SSSR count). The minimum Gasteiger partial charge on any atom is -0.336 e. The molecule has 1 aromatic heterocycles. The van der Waals surface area contributed by atoms with E-state index in [-0.39, 0.29) is 12.1 Å². The molecule has 2 heterocycles. The van der Waals surface area contributed by atoms with Gasteiger partial charge in [0.25, 0.3) is 0 Å². The molecule has 0 spiro atoms. The predicted octanol–water partition coefficient (Wildman–Crippen LogP) is 5.32. The van der Waals surface area contributed by atoms with Crippen molar-refractivity contribution < 1.29 is 4.79 Å². The van der Waals surface area contributed by atoms with Gasteiger partial charge >= 0.3 is 6.03 Å². The fraction of sp³-hybridized carbons (Fsp3) is 0.227. The molecule has 28 heavy (non-hydrogen) atoms. The molecular formula is C22H22ClN3OS. The van der Waals surface area contributed by atoms with Gasteiger partial charge in [0.05, 0.1) is 6.04 Å². The third-order valence-corrected chi connectivity index (χ3v) is 6.26. The Morgan fingerprint density at radius 1 is 1.07 bits per heavy atom. The van der Waals surface area contributed by atoms with Crippen LogP contribution in [0.15, 0.2) is 66.0 Å². The number of urea groups is 1. The molecule has 1 atom stereocenters. The lowest BCUT2D eigenvalue weighted by Crippen LogP contribution is -2.41. The summed E-state index contributed by atoms with van der Waals surface area (Å²) in [6, 6.07) is 19.9. The van der Waals surface area contributed by atoms with Crippen molar-refractivity contribution in [3.63, 3.8) is 0 Å². The topological polar surface area (TPSA) is 44.4 Å². The molecule has 4 nitrogen and oxygen atoms in total. The number of amides is 2. The number of benzene rings is 2. The van der Waals surface area contributed by atoms with Crippen molar-refractivity contribution >= 4 is 34.7 Å². The van der Waals surface area contributed by atoms with Gasteiger partial charge in [-0.05, 0) is 53.3 Å². The Morgan fingerprint density at radius 2 is 1.86 bits per heavy atom. The van der Waals surface area contributed by atoms with Gasteiger partial charge in [-0.1, -0.05) is 41.9 Å². The van der Waals surface area contributed by atoms with E-state index in [0.717, 1.165) is 25.2 Å². The van der Waals surface area contributed by atoms with Crippen LogP contribution in [-0.2, 0) is 13.0 Å². The van der Waals surface area contributed by atoms with E-state index in [9.17, 15) is 4.79 Å². The average Bonchev–Trinajstić information content (AvgIpc) is 3.24. The highest BCUT2D eigenvalue weighted by atomic mass is 35.5. The first-order chi connectivity index (χ1) is 13.7. The first-order valence-corrected chi connectivity index (χ1v) is 10.6. The number of nitrogens with one attached hydrogen (secondary N) is 2. The molecular weight excluding hydrogens is 390 g/mol. The van der Waals surface area contributed by atoms with Crippen molar-refractivity contribution in [3.05, 3.63) is 87.1 Å². The van der Waals surface area contributed by atoms with Gasteiger partial charge in [-0.25, -0.2) is 4.79 Å². The standard InChI is InChI=1S/C22H22ClN3OS/c23-18-7-9-19(10-8-18)25-22(27)24-14-20(21-6-3-13-28-21)26-12-11-16-4-1-2-5-17(16)15-26/h1-10,13,20H,11-12,14-15H2,(H2,24,25,27). The second-order valence-corrected chi connectivity index (χ2v) is 8.28. The van der Waals surface area contributed by atoms with E-state index in [0.29, 0.717) is 11.6 Å². The normalized spacial score (nSPS) is 14.9. The van der Waals surface area contributed by atoms with E-state index in [1.54, 1.807) is 35.6 Å². The van der Waals surface area contributed by atoms with Gasteiger partial charge < -0.3 is 10.6 Å². The Bertz CT molecular complexity index is 927. The van der Waals surface area contributed by atoms with Crippen LogP contribution in [0.5, 0.6) is 0 Å². The molecule has 1 aliphatic heterocycles. The Hall–Kier alpha value is -2.34. The van der Waals surface area contributed by atoms with E-state index in [4.69, 9.17) is 11.6 Å². The lowest BCUT2D eigenvalue weighted by atomic mass is 9.98. The molecule has 0 saturated heterocycles. The molecule has 0 radical (unpaired) electrons. The van der Waals surface area contributed by atoms with Crippen LogP contribution in [0.1, 0.15) is 22.0 Å². The molecule has 0 aliphatic carbocycles. The monoisotopic (exact) mass is 411 g/mol. The highest BCUT2D eigenvalue weighted by molar-refractivity contribution is 7.10. The summed E-state index contributed by atoms with van der Waals surface area (Å²) >= 11 is 7.63. The molecule has 1 aliphatic rings. The lowest BCUT2D eigenvalue weighted by molar-refractivity contribution is 0.178. The number of hydrogen-bond donors (Lipinski definition) is 2. The zero-order valence-corrected chi connectivity index (χ0v) is 17.0. The Labute approximate surface area is 174 Å². The Balaban J connectivity index is 1.43. The summed E-state index contributed by atoms with van der Waals surface area (Å²) in [6.07, 6.45) is 1.04. The Morgan fingerprint density at radius 3 is 2.61 bits per heavy atom. The number of nitrogens with zero attached hydrogens (tertiary/aromatic N) is 1. The largest absolute Gasteiger partial charge is 0.336 e. The van der Waals surface area contributed by atoms with Crippen molar-refractivity contribution in [2.75, 3.05) is 18.4 Å². The van der Waals surface area contributed by atoms with E-state index in [1.165, 1.54) is 16.0 Å². The molecule has 2 amide bonds. The third-order valence-electron chi connectivity index (χ3n) is 5.03. The number of carbonyl (C=O) groups excluding carboxylic acids is 1. The predicted molar refractivity (Wildman–Crippen MR) is 116 cm³/mol. The maximum absolute atomic E-state index is 12.4. The van der Waals surface area contributed by atoms with Gasteiger partial charge in [-0.2, -0.15) is 0 Å². The van der Waals surface area contributed by atoms with Gasteiger partial charge in [0, 0.05) is 35.2 Å². The van der Waals surface area contributed by atoms with Crippen molar-refractivity contribution in [2.24, 2.45) is 0 Å². The van der Waals surface area contributed by atoms with Crippen LogP contribution in [0.25, 0.3) is 0 Å². The molecule has 3 aromatic rings. The fourth-order valence-electron chi connectivity index (χ4n) is 3.57. The zero-order valence-electron chi connectivity index (χ0n) is 15.4. The van der Waals surface area contributed by atoms with Crippen LogP contribution in [0.4, 0.5) is 10.5 Å². The van der Waals surface area contributed by atoms with Crippen LogP contribution in [-0.4, -0.2) is 24.0 Å². The second-order valence-electron chi connectivity index (χ2n) is 6.86. The maximum atomic E-state index is 12.4. The molecule has 1 unspecified atom stereocenters. The van der Waals surface area contributed by atoms with E-state index in [1.807, 2.05) is 0 Å². The number of hydrogen-bond acceptors (Lipinski definition) is 3. The summed E-state index contributed by atoms with van der Waals surface area (Å²) in [7, 11) is 0. The molecule has 0 fully saturated rings. The van der Waals surface area contributed by atoms with Crippen molar-refractivity contribution in [1.82, 2.24) is 10.2 Å². The van der Waals surface area contributed by atoms with Crippen molar-refractivity contribution in [2.45, 2.75) is 19.0 Å². The van der Waals surface area contributed by atoms with Crippen LogP contribution in [0.2, 0.25) is 5.02 Å². The molecule has 2 N–H and O–H groups in total. The number of carbonyl (C=O) groups is 1. The summed E-state index contributed by atoms with van der Waals surface area (Å²) in [5.41, 5.74) is 3.53. The molecule has 2 aromatic carbocycles. The summed E-state index contributed by atoms with van der Waals surface area (Å²) in [5, 5.41) is 8.64. The molecule has 144 valence electrons. The van der Waals surface area contributed by atoms with Gasteiger partial charge in [0.15, 0.2) is 0 Å². The van der Waals surface area contributed by atoms with E-state index < -0.39 is 0 Å². The highest BCUT2D eigenvalue weighted by Crippen LogP contribution is 2.30. The molecule has 0 bridgehead atoms.